The molecule has 0 radical (unpaired) electrons. The SMILES string of the molecule is CC1C=CC=C(CCNC2CCN(C(=O)c3ccc(-n4cncn4)cc3)CC2)N1C.Cl.Cl.Cl. The van der Waals surface area contributed by atoms with Crippen molar-refractivity contribution in [1.82, 2.24) is 29.9 Å². The topological polar surface area (TPSA) is 66.3 Å². The molecular formula is C23H33Cl3N6O. The largest absolute Gasteiger partial charge is 0.372 e. The van der Waals surface area contributed by atoms with Gasteiger partial charge < -0.3 is 15.1 Å². The number of likely N-dealkylation sites (N-methyl/N-ethyl adjacent to an activating group) is 1. The number of halogens is 3. The predicted molar refractivity (Wildman–Crippen MR) is 139 cm³/mol. The van der Waals surface area contributed by atoms with E-state index in [1.807, 2.05) is 29.2 Å². The summed E-state index contributed by atoms with van der Waals surface area (Å²) in [5.41, 5.74) is 3.00. The van der Waals surface area contributed by atoms with Gasteiger partial charge in [-0.05, 0) is 56.5 Å². The van der Waals surface area contributed by atoms with Crippen LogP contribution >= 0.6 is 37.2 Å². The van der Waals surface area contributed by atoms with E-state index in [2.05, 4.69) is 52.5 Å². The number of hydrogen-bond donors (Lipinski definition) is 1. The maximum absolute atomic E-state index is 12.8. The molecule has 1 aromatic heterocycles. The smallest absolute Gasteiger partial charge is 0.253 e. The van der Waals surface area contributed by atoms with Crippen LogP contribution in [-0.4, -0.2) is 69.2 Å². The normalized spacial score (nSPS) is 18.0. The van der Waals surface area contributed by atoms with Gasteiger partial charge in [0.2, 0.25) is 0 Å². The molecule has 1 fully saturated rings. The summed E-state index contributed by atoms with van der Waals surface area (Å²) in [5.74, 6) is 0.105. The lowest BCUT2D eigenvalue weighted by molar-refractivity contribution is 0.0705. The minimum absolute atomic E-state index is 0. The number of likely N-dealkylation sites (tertiary alicyclic amines) is 1. The molecule has 0 spiro atoms. The number of piperidine rings is 1. The minimum Gasteiger partial charge on any atom is -0.372 e. The fourth-order valence-corrected chi connectivity index (χ4v) is 4.07. The quantitative estimate of drug-likeness (QED) is 0.632. The van der Waals surface area contributed by atoms with Gasteiger partial charge in [-0.1, -0.05) is 12.2 Å². The monoisotopic (exact) mass is 514 g/mol. The summed E-state index contributed by atoms with van der Waals surface area (Å²) in [4.78, 5) is 21.1. The highest BCUT2D eigenvalue weighted by atomic mass is 35.5. The first-order valence-electron chi connectivity index (χ1n) is 10.7. The number of benzene rings is 1. The van der Waals surface area contributed by atoms with Crippen molar-refractivity contribution >= 4 is 43.1 Å². The van der Waals surface area contributed by atoms with Crippen LogP contribution in [0.15, 0.2) is 60.8 Å². The third-order valence-electron chi connectivity index (χ3n) is 6.14. The van der Waals surface area contributed by atoms with Gasteiger partial charge in [0.15, 0.2) is 0 Å². The van der Waals surface area contributed by atoms with Gasteiger partial charge in [0, 0.05) is 50.0 Å². The first-order chi connectivity index (χ1) is 14.6. The average molecular weight is 516 g/mol. The van der Waals surface area contributed by atoms with Crippen LogP contribution in [0.25, 0.3) is 5.69 Å². The predicted octanol–water partition coefficient (Wildman–Crippen LogP) is 3.89. The molecule has 2 aromatic rings. The van der Waals surface area contributed by atoms with Crippen LogP contribution in [-0.2, 0) is 0 Å². The van der Waals surface area contributed by atoms with Crippen LogP contribution in [0, 0.1) is 0 Å². The van der Waals surface area contributed by atoms with E-state index in [0.717, 1.165) is 50.1 Å². The Morgan fingerprint density at radius 3 is 2.45 bits per heavy atom. The van der Waals surface area contributed by atoms with Crippen molar-refractivity contribution in [2.75, 3.05) is 26.7 Å². The van der Waals surface area contributed by atoms with Gasteiger partial charge in [-0.15, -0.1) is 37.2 Å². The second-order valence-corrected chi connectivity index (χ2v) is 8.05. The molecule has 0 bridgehead atoms. The first kappa shape index (κ1) is 29.0. The molecule has 2 aliphatic rings. The van der Waals surface area contributed by atoms with E-state index < -0.39 is 0 Å². The Kier molecular flexibility index (Phi) is 11.9. The second kappa shape index (κ2) is 13.6. The van der Waals surface area contributed by atoms with E-state index in [9.17, 15) is 4.79 Å². The maximum atomic E-state index is 12.8. The summed E-state index contributed by atoms with van der Waals surface area (Å²) in [5, 5.41) is 7.80. The number of allylic oxidation sites excluding steroid dienone is 2. The number of nitrogens with one attached hydrogen (secondary N) is 1. The van der Waals surface area contributed by atoms with Crippen molar-refractivity contribution in [2.45, 2.75) is 38.3 Å². The number of carbonyl (C=O) groups excluding carboxylic acids is 1. The molecule has 0 saturated carbocycles. The molecule has 4 rings (SSSR count). The Morgan fingerprint density at radius 1 is 1.12 bits per heavy atom. The Balaban J connectivity index is 0.00000181. The first-order valence-corrected chi connectivity index (χ1v) is 10.7. The number of hydrogen-bond acceptors (Lipinski definition) is 5. The van der Waals surface area contributed by atoms with Crippen molar-refractivity contribution in [2.24, 2.45) is 0 Å². The van der Waals surface area contributed by atoms with Crippen LogP contribution in [0.4, 0.5) is 0 Å². The Bertz CT molecular complexity index is 909. The average Bonchev–Trinajstić information content (AvgIpc) is 3.32. The number of rotatable bonds is 6. The maximum Gasteiger partial charge on any atom is 0.253 e. The van der Waals surface area contributed by atoms with Crippen LogP contribution in [0.3, 0.4) is 0 Å². The molecular weight excluding hydrogens is 483 g/mol. The molecule has 33 heavy (non-hydrogen) atoms. The molecule has 0 aliphatic carbocycles. The molecule has 2 aliphatic heterocycles. The summed E-state index contributed by atoms with van der Waals surface area (Å²) in [6, 6.07) is 8.49. The lowest BCUT2D eigenvalue weighted by Crippen LogP contribution is -2.45. The van der Waals surface area contributed by atoms with Crippen molar-refractivity contribution in [3.63, 3.8) is 0 Å². The van der Waals surface area contributed by atoms with Gasteiger partial charge in [0.1, 0.15) is 12.7 Å². The van der Waals surface area contributed by atoms with Gasteiger partial charge >= 0.3 is 0 Å². The standard InChI is InChI=1S/C23H30N6O.3ClH/c1-18-4-3-5-21(27(18)2)10-13-25-20-11-14-28(15-12-20)23(30)19-6-8-22(9-7-19)29-17-24-16-26-29;;;/h3-9,16-18,20,25H,10-15H2,1-2H3;3*1H. The number of carbonyl (C=O) groups is 1. The van der Waals surface area contributed by atoms with Crippen molar-refractivity contribution in [3.8, 4) is 5.69 Å². The van der Waals surface area contributed by atoms with E-state index in [-0.39, 0.29) is 43.1 Å². The van der Waals surface area contributed by atoms with E-state index >= 15 is 0 Å². The highest BCUT2D eigenvalue weighted by Crippen LogP contribution is 2.18. The molecule has 1 saturated heterocycles. The van der Waals surface area contributed by atoms with Crippen molar-refractivity contribution in [1.29, 1.82) is 0 Å². The third-order valence-corrected chi connectivity index (χ3v) is 6.14. The van der Waals surface area contributed by atoms with Gasteiger partial charge in [-0.3, -0.25) is 4.79 Å². The summed E-state index contributed by atoms with van der Waals surface area (Å²) in [7, 11) is 2.16. The van der Waals surface area contributed by atoms with Gasteiger partial charge in [0.05, 0.1) is 5.69 Å². The van der Waals surface area contributed by atoms with Crippen LogP contribution in [0.2, 0.25) is 0 Å². The van der Waals surface area contributed by atoms with Gasteiger partial charge in [-0.2, -0.15) is 5.10 Å². The molecule has 1 atom stereocenters. The zero-order chi connectivity index (χ0) is 20.9. The lowest BCUT2D eigenvalue weighted by atomic mass is 10.0. The minimum atomic E-state index is 0. The molecule has 182 valence electrons. The van der Waals surface area contributed by atoms with E-state index in [1.54, 1.807) is 11.0 Å². The van der Waals surface area contributed by atoms with Crippen LogP contribution in [0.5, 0.6) is 0 Å². The van der Waals surface area contributed by atoms with Crippen LogP contribution in [0.1, 0.15) is 36.5 Å². The number of aromatic nitrogens is 3. The van der Waals surface area contributed by atoms with E-state index in [0.29, 0.717) is 12.1 Å². The van der Waals surface area contributed by atoms with E-state index in [1.165, 1.54) is 12.0 Å². The summed E-state index contributed by atoms with van der Waals surface area (Å²) in [6.07, 6.45) is 12.7. The fraction of sp³-hybridized carbons (Fsp3) is 0.435. The Labute approximate surface area is 214 Å². The zero-order valence-electron chi connectivity index (χ0n) is 19.0. The molecule has 7 nitrogen and oxygen atoms in total. The molecule has 10 heteroatoms. The number of nitrogens with zero attached hydrogens (tertiary/aromatic N) is 5. The van der Waals surface area contributed by atoms with Gasteiger partial charge in [-0.25, -0.2) is 9.67 Å². The van der Waals surface area contributed by atoms with Crippen molar-refractivity contribution < 1.29 is 4.79 Å². The third kappa shape index (κ3) is 7.21. The van der Waals surface area contributed by atoms with Crippen LogP contribution < -0.4 is 5.32 Å². The zero-order valence-corrected chi connectivity index (χ0v) is 21.4. The molecule has 1 amide bonds. The molecule has 1 aromatic carbocycles. The Morgan fingerprint density at radius 2 is 1.82 bits per heavy atom. The molecule has 1 N–H and O–H groups in total. The van der Waals surface area contributed by atoms with Crippen molar-refractivity contribution in [3.05, 3.63) is 66.4 Å². The summed E-state index contributed by atoms with van der Waals surface area (Å²) < 4.78 is 1.68. The Hall–Kier alpha value is -2.06. The fourth-order valence-electron chi connectivity index (χ4n) is 4.07. The molecule has 1 unspecified atom stereocenters. The summed E-state index contributed by atoms with van der Waals surface area (Å²) in [6.45, 7) is 4.78. The lowest BCUT2D eigenvalue weighted by Gasteiger charge is -2.33. The highest BCUT2D eigenvalue weighted by Gasteiger charge is 2.23. The van der Waals surface area contributed by atoms with E-state index in [4.69, 9.17) is 0 Å². The van der Waals surface area contributed by atoms with Gasteiger partial charge in [0.25, 0.3) is 5.91 Å². The highest BCUT2D eigenvalue weighted by molar-refractivity contribution is 5.94. The number of amides is 1. The second-order valence-electron chi connectivity index (χ2n) is 8.05. The molecule has 3 heterocycles. The summed E-state index contributed by atoms with van der Waals surface area (Å²) >= 11 is 0.